The fourth-order valence-electron chi connectivity index (χ4n) is 3.77. The van der Waals surface area contributed by atoms with Crippen LogP contribution in [-0.4, -0.2) is 64.0 Å². The molecule has 0 saturated carbocycles. The van der Waals surface area contributed by atoms with Crippen LogP contribution in [0.4, 0.5) is 0 Å². The van der Waals surface area contributed by atoms with Gasteiger partial charge in [-0.05, 0) is 55.9 Å². The fraction of sp³-hybridized carbons (Fsp3) is 0.350. The molecule has 1 saturated heterocycles. The zero-order valence-electron chi connectivity index (χ0n) is 16.9. The van der Waals surface area contributed by atoms with E-state index in [-0.39, 0.29) is 16.4 Å². The molecule has 162 valence electrons. The summed E-state index contributed by atoms with van der Waals surface area (Å²) in [5.74, 6) is 0.311. The Morgan fingerprint density at radius 2 is 1.97 bits per heavy atom. The SMILES string of the molecule is CN(C)Cc1cc2c(-c3ccc(S(=O)(=O)NC4CCS(O)(O)C4)cc3)ccnc2[nH]1. The van der Waals surface area contributed by atoms with E-state index >= 15 is 0 Å². The molecule has 1 aliphatic rings. The summed E-state index contributed by atoms with van der Waals surface area (Å²) in [4.78, 5) is 9.95. The Balaban J connectivity index is 1.58. The lowest BCUT2D eigenvalue weighted by molar-refractivity contribution is 0.398. The van der Waals surface area contributed by atoms with Gasteiger partial charge in [0.15, 0.2) is 0 Å². The molecule has 0 radical (unpaired) electrons. The average molecular weight is 451 g/mol. The van der Waals surface area contributed by atoms with E-state index in [4.69, 9.17) is 0 Å². The minimum absolute atomic E-state index is 0.0715. The Hall–Kier alpha value is -1.95. The van der Waals surface area contributed by atoms with Crippen LogP contribution in [0.15, 0.2) is 47.5 Å². The highest BCUT2D eigenvalue weighted by molar-refractivity contribution is 8.24. The lowest BCUT2D eigenvalue weighted by atomic mass is 10.0. The average Bonchev–Trinajstić information content (AvgIpc) is 3.22. The second kappa shape index (κ2) is 7.95. The number of rotatable bonds is 6. The predicted molar refractivity (Wildman–Crippen MR) is 120 cm³/mol. The molecular formula is C20H26N4O4S2. The highest BCUT2D eigenvalue weighted by Gasteiger charge is 2.31. The van der Waals surface area contributed by atoms with Crippen molar-refractivity contribution >= 4 is 31.6 Å². The van der Waals surface area contributed by atoms with Crippen molar-refractivity contribution in [2.75, 3.05) is 25.6 Å². The van der Waals surface area contributed by atoms with Crippen molar-refractivity contribution in [3.8, 4) is 11.1 Å². The number of aromatic nitrogens is 2. The number of pyridine rings is 1. The van der Waals surface area contributed by atoms with E-state index < -0.39 is 26.7 Å². The van der Waals surface area contributed by atoms with E-state index in [1.165, 1.54) is 0 Å². The first kappa shape index (κ1) is 21.3. The zero-order valence-corrected chi connectivity index (χ0v) is 18.5. The monoisotopic (exact) mass is 450 g/mol. The van der Waals surface area contributed by atoms with Gasteiger partial charge in [0.25, 0.3) is 0 Å². The van der Waals surface area contributed by atoms with Crippen molar-refractivity contribution in [1.82, 2.24) is 19.6 Å². The molecule has 8 nitrogen and oxygen atoms in total. The molecule has 10 heteroatoms. The van der Waals surface area contributed by atoms with Gasteiger partial charge in [0.05, 0.1) is 10.6 Å². The van der Waals surface area contributed by atoms with Crippen LogP contribution in [-0.2, 0) is 16.6 Å². The van der Waals surface area contributed by atoms with Crippen LogP contribution in [0.1, 0.15) is 12.1 Å². The van der Waals surface area contributed by atoms with Crippen LogP contribution in [0, 0.1) is 0 Å². The van der Waals surface area contributed by atoms with E-state index in [1.807, 2.05) is 20.2 Å². The van der Waals surface area contributed by atoms with E-state index in [1.54, 1.807) is 30.5 Å². The molecule has 1 unspecified atom stereocenters. The Morgan fingerprint density at radius 3 is 2.60 bits per heavy atom. The smallest absolute Gasteiger partial charge is 0.240 e. The van der Waals surface area contributed by atoms with Gasteiger partial charge < -0.3 is 9.88 Å². The number of nitrogens with one attached hydrogen (secondary N) is 2. The number of sulfonamides is 1. The maximum Gasteiger partial charge on any atom is 0.240 e. The summed E-state index contributed by atoms with van der Waals surface area (Å²) >= 11 is 0. The molecule has 0 bridgehead atoms. The predicted octanol–water partition coefficient (Wildman–Crippen LogP) is 3.09. The van der Waals surface area contributed by atoms with Crippen LogP contribution in [0.25, 0.3) is 22.2 Å². The maximum atomic E-state index is 12.7. The topological polar surface area (TPSA) is 119 Å². The number of hydrogen-bond donors (Lipinski definition) is 4. The summed E-state index contributed by atoms with van der Waals surface area (Å²) in [5, 5.41) is 0.985. The van der Waals surface area contributed by atoms with Crippen LogP contribution < -0.4 is 4.72 Å². The number of hydrogen-bond acceptors (Lipinski definition) is 6. The van der Waals surface area contributed by atoms with Gasteiger partial charge in [-0.15, -0.1) is 0 Å². The van der Waals surface area contributed by atoms with Crippen LogP contribution in [0.5, 0.6) is 0 Å². The van der Waals surface area contributed by atoms with Crippen molar-refractivity contribution in [2.45, 2.75) is 23.9 Å². The van der Waals surface area contributed by atoms with Gasteiger partial charge in [-0.3, -0.25) is 9.11 Å². The van der Waals surface area contributed by atoms with Gasteiger partial charge in [0.2, 0.25) is 10.0 Å². The first-order valence-electron chi connectivity index (χ1n) is 9.61. The molecule has 1 aliphatic heterocycles. The Bertz CT molecular complexity index is 1160. The first-order chi connectivity index (χ1) is 14.1. The third-order valence-corrected chi connectivity index (χ3v) is 8.50. The maximum absolute atomic E-state index is 12.7. The standard InChI is InChI=1S/C20H26N4O4S2/c1-24(2)12-16-11-19-18(7-9-21-20(19)22-16)14-3-5-17(6-4-14)30(27,28)23-15-8-10-29(25,26)13-15/h3-7,9,11,15,23,25-26H,8,10,12-13H2,1-2H3,(H,21,22). The Labute approximate surface area is 177 Å². The molecule has 4 rings (SSSR count). The lowest BCUT2D eigenvalue weighted by Crippen LogP contribution is -2.35. The molecule has 1 fully saturated rings. The van der Waals surface area contributed by atoms with Gasteiger partial charge in [0.1, 0.15) is 5.65 Å². The van der Waals surface area contributed by atoms with Crippen molar-refractivity contribution in [2.24, 2.45) is 0 Å². The number of nitrogens with zero attached hydrogens (tertiary/aromatic N) is 2. The van der Waals surface area contributed by atoms with Gasteiger partial charge in [-0.1, -0.05) is 12.1 Å². The fourth-order valence-corrected chi connectivity index (χ4v) is 6.87. The van der Waals surface area contributed by atoms with Gasteiger partial charge >= 0.3 is 0 Å². The van der Waals surface area contributed by atoms with Crippen LogP contribution in [0.2, 0.25) is 0 Å². The molecule has 30 heavy (non-hydrogen) atoms. The Morgan fingerprint density at radius 1 is 1.23 bits per heavy atom. The normalized spacial score (nSPS) is 20.1. The highest BCUT2D eigenvalue weighted by Crippen LogP contribution is 2.45. The molecule has 0 amide bonds. The Kier molecular flexibility index (Phi) is 5.64. The lowest BCUT2D eigenvalue weighted by Gasteiger charge is -2.26. The third-order valence-electron chi connectivity index (χ3n) is 5.13. The molecule has 1 aromatic carbocycles. The van der Waals surface area contributed by atoms with Crippen LogP contribution >= 0.6 is 10.6 Å². The quantitative estimate of drug-likeness (QED) is 0.458. The largest absolute Gasteiger partial charge is 0.342 e. The van der Waals surface area contributed by atoms with Gasteiger partial charge in [0, 0.05) is 35.6 Å². The summed E-state index contributed by atoms with van der Waals surface area (Å²) < 4.78 is 47.4. The van der Waals surface area contributed by atoms with Gasteiger partial charge in [-0.25, -0.2) is 18.1 Å². The number of fused-ring (bicyclic) bond motifs is 1. The summed E-state index contributed by atoms with van der Waals surface area (Å²) in [6, 6.07) is 10.3. The molecule has 4 N–H and O–H groups in total. The first-order valence-corrected chi connectivity index (χ1v) is 13.0. The number of H-pyrrole nitrogens is 1. The molecule has 3 aromatic rings. The molecule has 0 aliphatic carbocycles. The van der Waals surface area contributed by atoms with Crippen molar-refractivity contribution < 1.29 is 17.5 Å². The molecule has 1 atom stereocenters. The van der Waals surface area contributed by atoms with E-state index in [9.17, 15) is 17.5 Å². The van der Waals surface area contributed by atoms with Gasteiger partial charge in [-0.2, -0.15) is 10.6 Å². The van der Waals surface area contributed by atoms with E-state index in [2.05, 4.69) is 25.7 Å². The minimum atomic E-state index is -3.73. The molecular weight excluding hydrogens is 424 g/mol. The summed E-state index contributed by atoms with van der Waals surface area (Å²) in [6.45, 7) is 0.768. The van der Waals surface area contributed by atoms with E-state index in [0.29, 0.717) is 6.42 Å². The van der Waals surface area contributed by atoms with Crippen LogP contribution in [0.3, 0.4) is 0 Å². The second-order valence-electron chi connectivity index (χ2n) is 7.96. The molecule has 2 aromatic heterocycles. The third kappa shape index (κ3) is 4.53. The highest BCUT2D eigenvalue weighted by atomic mass is 32.3. The second-order valence-corrected chi connectivity index (χ2v) is 12.0. The number of aromatic amines is 1. The summed E-state index contributed by atoms with van der Waals surface area (Å²) in [6.07, 6.45) is 2.16. The van der Waals surface area contributed by atoms with Crippen molar-refractivity contribution in [3.05, 3.63) is 48.3 Å². The van der Waals surface area contributed by atoms with Crippen molar-refractivity contribution in [1.29, 1.82) is 0 Å². The summed E-state index contributed by atoms with van der Waals surface area (Å²) in [7, 11) is -2.38. The summed E-state index contributed by atoms with van der Waals surface area (Å²) in [5.41, 5.74) is 3.72. The zero-order chi connectivity index (χ0) is 21.5. The molecule has 0 spiro atoms. The molecule has 3 heterocycles. The van der Waals surface area contributed by atoms with E-state index in [0.717, 1.165) is 34.4 Å². The minimum Gasteiger partial charge on any atom is -0.342 e. The number of benzene rings is 1. The van der Waals surface area contributed by atoms with Crippen molar-refractivity contribution in [3.63, 3.8) is 0 Å².